The quantitative estimate of drug-likeness (QED) is 0.496. The molecule has 5 rings (SSSR count). The standard InChI is InChI=1S/C29H35NO4/c1-19(2)17-22-25-24(20-11-7-6-8-12-20)21-13-9-10-14-23(21)30(25)29(32)18-33-16-15-28(22,29)26(31)34-27(3,4)5/h6-14,19,22,32H,15-18H2,1-5H3/t22-,28-,29+/m0/s1. The third kappa shape index (κ3) is 3.24. The van der Waals surface area contributed by atoms with Gasteiger partial charge in [-0.25, -0.2) is 0 Å². The summed E-state index contributed by atoms with van der Waals surface area (Å²) >= 11 is 0. The fraction of sp³-hybridized carbons (Fsp3) is 0.483. The molecule has 1 aromatic heterocycles. The second-order valence-corrected chi connectivity index (χ2v) is 11.3. The van der Waals surface area contributed by atoms with Crippen molar-refractivity contribution < 1.29 is 19.4 Å². The number of aromatic nitrogens is 1. The molecule has 0 bridgehead atoms. The SMILES string of the molecule is CC(C)C[C@H]1c2c(-c3ccccc3)c3ccccc3n2[C@@]2(O)COCC[C@@]12C(=O)OC(C)(C)C. The van der Waals surface area contributed by atoms with Gasteiger partial charge in [-0.15, -0.1) is 0 Å². The van der Waals surface area contributed by atoms with Crippen molar-refractivity contribution in [3.63, 3.8) is 0 Å². The van der Waals surface area contributed by atoms with Crippen molar-refractivity contribution in [2.24, 2.45) is 11.3 Å². The Kier molecular flexibility index (Phi) is 5.41. The van der Waals surface area contributed by atoms with E-state index in [4.69, 9.17) is 9.47 Å². The number of hydrogen-bond donors (Lipinski definition) is 1. The highest BCUT2D eigenvalue weighted by Gasteiger charge is 2.70. The molecule has 3 atom stereocenters. The third-order valence-electron chi connectivity index (χ3n) is 7.40. The Bertz CT molecular complexity index is 1220. The van der Waals surface area contributed by atoms with Crippen LogP contribution in [-0.4, -0.2) is 34.5 Å². The molecule has 0 spiro atoms. The molecule has 2 aliphatic rings. The van der Waals surface area contributed by atoms with E-state index in [1.54, 1.807) is 0 Å². The van der Waals surface area contributed by atoms with Gasteiger partial charge in [0.25, 0.3) is 0 Å². The van der Waals surface area contributed by atoms with Gasteiger partial charge in [-0.05, 0) is 51.2 Å². The highest BCUT2D eigenvalue weighted by molar-refractivity contribution is 6.00. The van der Waals surface area contributed by atoms with Crippen molar-refractivity contribution in [1.29, 1.82) is 0 Å². The second kappa shape index (κ2) is 7.96. The van der Waals surface area contributed by atoms with Crippen molar-refractivity contribution in [1.82, 2.24) is 4.57 Å². The topological polar surface area (TPSA) is 60.7 Å². The Morgan fingerprint density at radius 3 is 2.50 bits per heavy atom. The predicted molar refractivity (Wildman–Crippen MR) is 133 cm³/mol. The summed E-state index contributed by atoms with van der Waals surface area (Å²) in [6.45, 7) is 10.5. The maximum atomic E-state index is 14.1. The normalized spacial score (nSPS) is 26.5. The van der Waals surface area contributed by atoms with Crippen LogP contribution in [0, 0.1) is 11.3 Å². The van der Waals surface area contributed by atoms with Gasteiger partial charge in [-0.3, -0.25) is 4.79 Å². The molecule has 0 aliphatic carbocycles. The minimum absolute atomic E-state index is 0.0563. The van der Waals surface area contributed by atoms with Crippen LogP contribution < -0.4 is 0 Å². The van der Waals surface area contributed by atoms with Crippen LogP contribution in [0.2, 0.25) is 0 Å². The number of nitrogens with zero attached hydrogens (tertiary/aromatic N) is 1. The number of aliphatic hydroxyl groups is 1. The summed E-state index contributed by atoms with van der Waals surface area (Å²) in [5.74, 6) is -0.216. The monoisotopic (exact) mass is 461 g/mol. The Morgan fingerprint density at radius 2 is 1.82 bits per heavy atom. The summed E-state index contributed by atoms with van der Waals surface area (Å²) in [4.78, 5) is 14.1. The Morgan fingerprint density at radius 1 is 1.15 bits per heavy atom. The first-order valence-corrected chi connectivity index (χ1v) is 12.3. The lowest BCUT2D eigenvalue weighted by atomic mass is 9.63. The summed E-state index contributed by atoms with van der Waals surface area (Å²) in [6, 6.07) is 18.5. The van der Waals surface area contributed by atoms with Gasteiger partial charge < -0.3 is 19.1 Å². The molecule has 0 radical (unpaired) electrons. The lowest BCUT2D eigenvalue weighted by Crippen LogP contribution is -2.60. The van der Waals surface area contributed by atoms with Gasteiger partial charge in [0, 0.05) is 29.2 Å². The Balaban J connectivity index is 1.87. The number of carbonyl (C=O) groups excluding carboxylic acids is 1. The molecule has 5 heteroatoms. The van der Waals surface area contributed by atoms with E-state index in [0.29, 0.717) is 18.9 Å². The summed E-state index contributed by atoms with van der Waals surface area (Å²) in [7, 11) is 0. The smallest absolute Gasteiger partial charge is 0.318 e. The van der Waals surface area contributed by atoms with Crippen LogP contribution in [0.5, 0.6) is 0 Å². The molecule has 3 aromatic rings. The first kappa shape index (κ1) is 23.1. The molecule has 3 heterocycles. The van der Waals surface area contributed by atoms with E-state index < -0.39 is 16.7 Å². The van der Waals surface area contributed by atoms with Gasteiger partial charge in [0.1, 0.15) is 11.0 Å². The fourth-order valence-electron chi connectivity index (χ4n) is 6.18. The van der Waals surface area contributed by atoms with Crippen LogP contribution in [0.15, 0.2) is 54.6 Å². The van der Waals surface area contributed by atoms with Crippen LogP contribution in [0.4, 0.5) is 0 Å². The maximum absolute atomic E-state index is 14.1. The van der Waals surface area contributed by atoms with E-state index in [0.717, 1.165) is 34.1 Å². The number of benzene rings is 2. The molecule has 0 saturated carbocycles. The molecular weight excluding hydrogens is 426 g/mol. The molecule has 2 aromatic carbocycles. The molecule has 1 saturated heterocycles. The highest BCUT2D eigenvalue weighted by atomic mass is 16.6. The summed E-state index contributed by atoms with van der Waals surface area (Å²) < 4.78 is 14.0. The molecule has 1 fully saturated rings. The molecule has 0 amide bonds. The molecule has 34 heavy (non-hydrogen) atoms. The van der Waals surface area contributed by atoms with Gasteiger partial charge in [0.2, 0.25) is 0 Å². The summed E-state index contributed by atoms with van der Waals surface area (Å²) in [5.41, 5.74) is 0.801. The summed E-state index contributed by atoms with van der Waals surface area (Å²) in [6.07, 6.45) is 1.18. The third-order valence-corrected chi connectivity index (χ3v) is 7.40. The van der Waals surface area contributed by atoms with Crippen LogP contribution >= 0.6 is 0 Å². The van der Waals surface area contributed by atoms with Crippen molar-refractivity contribution in [3.05, 3.63) is 60.3 Å². The van der Waals surface area contributed by atoms with Crippen molar-refractivity contribution in [2.75, 3.05) is 13.2 Å². The van der Waals surface area contributed by atoms with E-state index in [9.17, 15) is 9.90 Å². The van der Waals surface area contributed by atoms with Crippen LogP contribution in [0.3, 0.4) is 0 Å². The highest BCUT2D eigenvalue weighted by Crippen LogP contribution is 2.64. The van der Waals surface area contributed by atoms with E-state index in [1.165, 1.54) is 0 Å². The molecule has 2 aliphatic heterocycles. The molecular formula is C29H35NO4. The number of ether oxygens (including phenoxy) is 2. The van der Waals surface area contributed by atoms with Crippen LogP contribution in [0.1, 0.15) is 59.1 Å². The molecule has 5 nitrogen and oxygen atoms in total. The summed E-state index contributed by atoms with van der Waals surface area (Å²) in [5, 5.41) is 13.6. The first-order chi connectivity index (χ1) is 16.1. The van der Waals surface area contributed by atoms with E-state index >= 15 is 0 Å². The fourth-order valence-corrected chi connectivity index (χ4v) is 6.18. The lowest BCUT2D eigenvalue weighted by Gasteiger charge is -2.47. The van der Waals surface area contributed by atoms with Gasteiger partial charge >= 0.3 is 5.97 Å². The van der Waals surface area contributed by atoms with Gasteiger partial charge in [-0.2, -0.15) is 0 Å². The van der Waals surface area contributed by atoms with Crippen LogP contribution in [-0.2, 0) is 20.0 Å². The number of carbonyl (C=O) groups is 1. The predicted octanol–water partition coefficient (Wildman–Crippen LogP) is 5.85. The Labute approximate surface area is 201 Å². The number of rotatable bonds is 4. The molecule has 0 unspecified atom stereocenters. The second-order valence-electron chi connectivity index (χ2n) is 11.3. The van der Waals surface area contributed by atoms with Crippen molar-refractivity contribution in [2.45, 2.75) is 64.7 Å². The van der Waals surface area contributed by atoms with Crippen LogP contribution in [0.25, 0.3) is 22.0 Å². The largest absolute Gasteiger partial charge is 0.459 e. The average molecular weight is 462 g/mol. The minimum Gasteiger partial charge on any atom is -0.459 e. The zero-order chi connectivity index (χ0) is 24.3. The zero-order valence-corrected chi connectivity index (χ0v) is 20.8. The maximum Gasteiger partial charge on any atom is 0.318 e. The van der Waals surface area contributed by atoms with Crippen molar-refractivity contribution in [3.8, 4) is 11.1 Å². The number of esters is 1. The minimum atomic E-state index is -1.53. The number of para-hydroxylation sites is 1. The van der Waals surface area contributed by atoms with E-state index in [2.05, 4.69) is 32.0 Å². The van der Waals surface area contributed by atoms with Gasteiger partial charge in [0.05, 0.1) is 12.1 Å². The van der Waals surface area contributed by atoms with Gasteiger partial charge in [-0.1, -0.05) is 62.4 Å². The molecule has 1 N–H and O–H groups in total. The van der Waals surface area contributed by atoms with Gasteiger partial charge in [0.15, 0.2) is 5.72 Å². The average Bonchev–Trinajstić information content (AvgIpc) is 3.23. The first-order valence-electron chi connectivity index (χ1n) is 12.3. The van der Waals surface area contributed by atoms with E-state index in [-0.39, 0.29) is 18.5 Å². The number of hydrogen-bond acceptors (Lipinski definition) is 4. The zero-order valence-electron chi connectivity index (χ0n) is 20.8. The number of fused-ring (bicyclic) bond motifs is 5. The Hall–Kier alpha value is -2.63. The molecule has 180 valence electrons. The van der Waals surface area contributed by atoms with E-state index in [1.807, 2.05) is 61.7 Å². The van der Waals surface area contributed by atoms with Crippen molar-refractivity contribution >= 4 is 16.9 Å². The lowest BCUT2D eigenvalue weighted by molar-refractivity contribution is -0.236.